The van der Waals surface area contributed by atoms with Crippen LogP contribution in [0.15, 0.2) is 18.2 Å². The number of hydrogen-bond acceptors (Lipinski definition) is 2. The fourth-order valence-electron chi connectivity index (χ4n) is 3.92. The van der Waals surface area contributed by atoms with Crippen molar-refractivity contribution >= 4 is 27.6 Å². The summed E-state index contributed by atoms with van der Waals surface area (Å²) in [5, 5.41) is 9.41. The van der Waals surface area contributed by atoms with E-state index in [-0.39, 0.29) is 5.56 Å². The molecule has 1 aromatic rings. The lowest BCUT2D eigenvalue weighted by molar-refractivity contribution is 0.0698. The average molecular weight is 469 g/mol. The number of anilines is 1. The predicted molar refractivity (Wildman–Crippen MR) is 129 cm³/mol. The zero-order chi connectivity index (χ0) is 21.9. The maximum absolute atomic E-state index is 11.5. The highest BCUT2D eigenvalue weighted by molar-refractivity contribution is 9.09. The first-order valence-electron chi connectivity index (χ1n) is 11.4. The number of benzene rings is 1. The summed E-state index contributed by atoms with van der Waals surface area (Å²) < 4.78 is 0. The lowest BCUT2D eigenvalue weighted by Crippen LogP contribution is -2.10. The van der Waals surface area contributed by atoms with Crippen molar-refractivity contribution in [1.82, 2.24) is 0 Å². The summed E-state index contributed by atoms with van der Waals surface area (Å²) in [5.74, 6) is -0.605. The molecule has 2 unspecified atom stereocenters. The quantitative estimate of drug-likeness (QED) is 0.164. The van der Waals surface area contributed by atoms with Crippen molar-refractivity contribution in [2.75, 3.05) is 5.73 Å². The van der Waals surface area contributed by atoms with Crippen molar-refractivity contribution in [2.45, 2.75) is 109 Å². The molecule has 4 heteroatoms. The van der Waals surface area contributed by atoms with Gasteiger partial charge in [0, 0.05) is 10.5 Å². The third-order valence-corrected chi connectivity index (χ3v) is 6.92. The molecule has 0 heterocycles. The van der Waals surface area contributed by atoms with Gasteiger partial charge in [-0.3, -0.25) is 0 Å². The first kappa shape index (κ1) is 26.0. The summed E-state index contributed by atoms with van der Waals surface area (Å²) in [7, 11) is 0. The van der Waals surface area contributed by atoms with E-state index in [1.54, 1.807) is 6.07 Å². The summed E-state index contributed by atoms with van der Waals surface area (Å²) in [6.07, 6.45) is 13.3. The standard InChI is InChI=1S/C25H42BrNO2/c1-5-20(26)17-16-19(21-14-12-15-22(23(21)27)24(28)29)13-10-8-6-7-9-11-18-25(2,3)4/h12,14-15,19-20H,5-11,13,16-18,27H2,1-4H3,(H,28,29). The molecule has 2 atom stereocenters. The summed E-state index contributed by atoms with van der Waals surface area (Å²) >= 11 is 3.74. The van der Waals surface area contributed by atoms with Crippen LogP contribution in [-0.2, 0) is 0 Å². The van der Waals surface area contributed by atoms with Crippen LogP contribution in [0.1, 0.15) is 120 Å². The predicted octanol–water partition coefficient (Wildman–Crippen LogP) is 8.17. The van der Waals surface area contributed by atoms with E-state index in [0.29, 0.717) is 21.8 Å². The lowest BCUT2D eigenvalue weighted by Gasteiger charge is -2.21. The Bertz CT molecular complexity index is 609. The summed E-state index contributed by atoms with van der Waals surface area (Å²) in [5.41, 5.74) is 8.41. The number of rotatable bonds is 14. The van der Waals surface area contributed by atoms with Crippen LogP contribution in [0.4, 0.5) is 5.69 Å². The van der Waals surface area contributed by atoms with Crippen LogP contribution in [0.5, 0.6) is 0 Å². The van der Waals surface area contributed by atoms with Crippen molar-refractivity contribution in [2.24, 2.45) is 5.41 Å². The van der Waals surface area contributed by atoms with Crippen molar-refractivity contribution in [3.8, 4) is 0 Å². The van der Waals surface area contributed by atoms with Gasteiger partial charge in [0.15, 0.2) is 0 Å². The molecule has 0 fully saturated rings. The summed E-state index contributed by atoms with van der Waals surface area (Å²) in [4.78, 5) is 12.0. The van der Waals surface area contributed by atoms with Crippen LogP contribution in [0.2, 0.25) is 0 Å². The van der Waals surface area contributed by atoms with Gasteiger partial charge in [-0.1, -0.05) is 94.3 Å². The van der Waals surface area contributed by atoms with Crippen molar-refractivity contribution in [1.29, 1.82) is 0 Å². The molecule has 1 rings (SSSR count). The van der Waals surface area contributed by atoms with Gasteiger partial charge < -0.3 is 10.8 Å². The number of carboxylic acid groups (broad SMARTS) is 1. The van der Waals surface area contributed by atoms with Gasteiger partial charge in [0.1, 0.15) is 0 Å². The number of carboxylic acids is 1. The molecule has 166 valence electrons. The van der Waals surface area contributed by atoms with E-state index in [1.807, 2.05) is 12.1 Å². The molecule has 0 saturated heterocycles. The number of carbonyl (C=O) groups is 1. The molecule has 0 bridgehead atoms. The number of alkyl halides is 1. The van der Waals surface area contributed by atoms with Gasteiger partial charge in [0.25, 0.3) is 0 Å². The molecule has 0 aromatic heterocycles. The Morgan fingerprint density at radius 2 is 1.66 bits per heavy atom. The smallest absolute Gasteiger partial charge is 0.337 e. The second-order valence-electron chi connectivity index (χ2n) is 9.61. The maximum Gasteiger partial charge on any atom is 0.337 e. The van der Waals surface area contributed by atoms with Gasteiger partial charge in [0.2, 0.25) is 0 Å². The average Bonchev–Trinajstić information content (AvgIpc) is 2.65. The molecular weight excluding hydrogens is 426 g/mol. The Morgan fingerprint density at radius 3 is 2.24 bits per heavy atom. The number of aromatic carboxylic acids is 1. The Balaban J connectivity index is 2.57. The fraction of sp³-hybridized carbons (Fsp3) is 0.720. The first-order valence-corrected chi connectivity index (χ1v) is 12.3. The van der Waals surface area contributed by atoms with E-state index in [0.717, 1.165) is 31.2 Å². The topological polar surface area (TPSA) is 63.3 Å². The third-order valence-electron chi connectivity index (χ3n) is 5.81. The minimum atomic E-state index is -0.940. The highest BCUT2D eigenvalue weighted by Gasteiger charge is 2.19. The molecule has 3 N–H and O–H groups in total. The summed E-state index contributed by atoms with van der Waals surface area (Å²) in [6, 6.07) is 5.46. The zero-order valence-corrected chi connectivity index (χ0v) is 20.6. The molecule has 0 aliphatic heterocycles. The van der Waals surface area contributed by atoms with Gasteiger partial charge in [-0.2, -0.15) is 0 Å². The largest absolute Gasteiger partial charge is 0.478 e. The highest BCUT2D eigenvalue weighted by atomic mass is 79.9. The zero-order valence-electron chi connectivity index (χ0n) is 19.0. The van der Waals surface area contributed by atoms with E-state index >= 15 is 0 Å². The molecule has 3 nitrogen and oxygen atoms in total. The SMILES string of the molecule is CCC(Br)CCC(CCCCCCCCC(C)(C)C)c1cccc(C(=O)O)c1N. The molecule has 1 aromatic carbocycles. The molecule has 0 saturated carbocycles. The fourth-order valence-corrected chi connectivity index (χ4v) is 4.18. The van der Waals surface area contributed by atoms with Gasteiger partial charge in [-0.05, 0) is 55.1 Å². The maximum atomic E-state index is 11.5. The molecule has 0 aliphatic carbocycles. The van der Waals surface area contributed by atoms with Crippen LogP contribution in [0.25, 0.3) is 0 Å². The van der Waals surface area contributed by atoms with Crippen molar-refractivity contribution < 1.29 is 9.90 Å². The Hall–Kier alpha value is -1.03. The van der Waals surface area contributed by atoms with Gasteiger partial charge >= 0.3 is 5.97 Å². The van der Waals surface area contributed by atoms with Crippen molar-refractivity contribution in [3.05, 3.63) is 29.3 Å². The van der Waals surface area contributed by atoms with E-state index in [4.69, 9.17) is 5.73 Å². The van der Waals surface area contributed by atoms with Crippen LogP contribution in [0, 0.1) is 5.41 Å². The first-order chi connectivity index (χ1) is 13.7. The van der Waals surface area contributed by atoms with E-state index < -0.39 is 5.97 Å². The van der Waals surface area contributed by atoms with Crippen LogP contribution in [-0.4, -0.2) is 15.9 Å². The lowest BCUT2D eigenvalue weighted by atomic mass is 9.86. The molecular formula is C25H42BrNO2. The molecule has 0 amide bonds. The number of hydrogen-bond donors (Lipinski definition) is 2. The Morgan fingerprint density at radius 1 is 1.03 bits per heavy atom. The van der Waals surface area contributed by atoms with E-state index in [2.05, 4.69) is 43.6 Å². The number of nitrogens with two attached hydrogens (primary N) is 1. The second-order valence-corrected chi connectivity index (χ2v) is 10.9. The molecule has 0 spiro atoms. The van der Waals surface area contributed by atoms with Gasteiger partial charge in [-0.25, -0.2) is 4.79 Å². The minimum Gasteiger partial charge on any atom is -0.478 e. The highest BCUT2D eigenvalue weighted by Crippen LogP contribution is 2.34. The minimum absolute atomic E-state index is 0.234. The molecule has 0 aliphatic rings. The van der Waals surface area contributed by atoms with Crippen LogP contribution < -0.4 is 5.73 Å². The van der Waals surface area contributed by atoms with E-state index in [1.165, 1.54) is 44.9 Å². The molecule has 29 heavy (non-hydrogen) atoms. The van der Waals surface area contributed by atoms with Gasteiger partial charge in [0.05, 0.1) is 5.56 Å². The van der Waals surface area contributed by atoms with Crippen molar-refractivity contribution in [3.63, 3.8) is 0 Å². The third kappa shape index (κ3) is 10.5. The second kappa shape index (κ2) is 13.3. The number of unbranched alkanes of at least 4 members (excludes halogenated alkanes) is 5. The number of nitrogen functional groups attached to an aromatic ring is 1. The number of halogens is 1. The monoisotopic (exact) mass is 467 g/mol. The van der Waals surface area contributed by atoms with Gasteiger partial charge in [-0.15, -0.1) is 0 Å². The normalized spacial score (nSPS) is 14.0. The van der Waals surface area contributed by atoms with Crippen LogP contribution in [0.3, 0.4) is 0 Å². The Kier molecular flexibility index (Phi) is 11.9. The molecule has 0 radical (unpaired) electrons. The van der Waals surface area contributed by atoms with Crippen LogP contribution >= 0.6 is 15.9 Å². The summed E-state index contributed by atoms with van der Waals surface area (Å²) in [6.45, 7) is 9.13. The Labute approximate surface area is 187 Å². The van der Waals surface area contributed by atoms with E-state index in [9.17, 15) is 9.90 Å². The number of para-hydroxylation sites is 1.